The molecule has 0 aliphatic carbocycles. The van der Waals surface area contributed by atoms with Crippen molar-refractivity contribution in [2.24, 2.45) is 13.0 Å². The first-order valence-electron chi connectivity index (χ1n) is 9.18. The maximum atomic E-state index is 12.9. The van der Waals surface area contributed by atoms with Gasteiger partial charge in [0.1, 0.15) is 22.6 Å². The monoisotopic (exact) mass is 472 g/mol. The van der Waals surface area contributed by atoms with E-state index in [0.29, 0.717) is 28.8 Å². The van der Waals surface area contributed by atoms with Crippen LogP contribution in [0.2, 0.25) is 10.0 Å². The number of amides is 2. The minimum Gasteiger partial charge on any atom is -0.458 e. The van der Waals surface area contributed by atoms with Crippen molar-refractivity contribution in [1.29, 1.82) is 0 Å². The van der Waals surface area contributed by atoms with E-state index in [1.165, 1.54) is 11.0 Å². The van der Waals surface area contributed by atoms with E-state index >= 15 is 0 Å². The molecular weight excluding hydrogens is 451 g/mol. The Morgan fingerprint density at radius 2 is 2.03 bits per heavy atom. The van der Waals surface area contributed by atoms with Crippen LogP contribution in [-0.4, -0.2) is 39.1 Å². The third kappa shape index (κ3) is 5.68. The van der Waals surface area contributed by atoms with Crippen LogP contribution in [0.5, 0.6) is 5.75 Å². The van der Waals surface area contributed by atoms with E-state index in [1.807, 2.05) is 13.8 Å². The van der Waals surface area contributed by atoms with Crippen molar-refractivity contribution in [2.45, 2.75) is 26.3 Å². The molecule has 1 aliphatic heterocycles. The van der Waals surface area contributed by atoms with Crippen LogP contribution in [0.15, 0.2) is 42.3 Å². The molecule has 0 saturated carbocycles. The number of anilines is 1. The molecule has 162 valence electrons. The van der Waals surface area contributed by atoms with E-state index in [2.05, 4.69) is 10.4 Å². The molecule has 2 heterocycles. The summed E-state index contributed by atoms with van der Waals surface area (Å²) in [5.74, 6) is 0.820. The molecular formula is C20H23Cl3N4O3. The Hall–Kier alpha value is -2.22. The van der Waals surface area contributed by atoms with Gasteiger partial charge in [-0.3, -0.25) is 14.3 Å². The quantitative estimate of drug-likeness (QED) is 0.650. The molecule has 2 amide bonds. The number of nitrogens with zero attached hydrogens (tertiary/aromatic N) is 3. The van der Waals surface area contributed by atoms with Gasteiger partial charge in [-0.15, -0.1) is 12.4 Å². The van der Waals surface area contributed by atoms with Crippen LogP contribution in [0, 0.1) is 5.92 Å². The summed E-state index contributed by atoms with van der Waals surface area (Å²) >= 11 is 12.2. The maximum absolute atomic E-state index is 12.9. The average Bonchev–Trinajstić information content (AvgIpc) is 3.21. The van der Waals surface area contributed by atoms with Gasteiger partial charge in [-0.2, -0.15) is 5.10 Å². The van der Waals surface area contributed by atoms with Crippen molar-refractivity contribution in [3.05, 3.63) is 52.3 Å². The lowest BCUT2D eigenvalue weighted by atomic mass is 10.0. The molecule has 0 saturated heterocycles. The third-order valence-electron chi connectivity index (χ3n) is 4.39. The largest absolute Gasteiger partial charge is 0.458 e. The van der Waals surface area contributed by atoms with Gasteiger partial charge >= 0.3 is 0 Å². The highest BCUT2D eigenvalue weighted by molar-refractivity contribution is 6.42. The van der Waals surface area contributed by atoms with E-state index in [9.17, 15) is 9.59 Å². The van der Waals surface area contributed by atoms with Gasteiger partial charge in [0, 0.05) is 25.4 Å². The highest BCUT2D eigenvalue weighted by Gasteiger charge is 2.35. The molecule has 1 aromatic heterocycles. The normalized spacial score (nSPS) is 14.4. The number of benzene rings is 1. The summed E-state index contributed by atoms with van der Waals surface area (Å²) in [6, 6.07) is 6.07. The molecule has 1 aromatic carbocycles. The third-order valence-corrected chi connectivity index (χ3v) is 5.19. The highest BCUT2D eigenvalue weighted by Crippen LogP contribution is 2.33. The van der Waals surface area contributed by atoms with Crippen LogP contribution in [0.1, 0.15) is 20.3 Å². The second-order valence-corrected chi connectivity index (χ2v) is 8.03. The van der Waals surface area contributed by atoms with Gasteiger partial charge < -0.3 is 15.0 Å². The molecule has 1 atom stereocenters. The number of ether oxygens (including phenoxy) is 1. The minimum absolute atomic E-state index is 0. The van der Waals surface area contributed by atoms with Crippen molar-refractivity contribution in [3.63, 3.8) is 0 Å². The van der Waals surface area contributed by atoms with Gasteiger partial charge in [0.05, 0.1) is 11.6 Å². The molecule has 1 aliphatic rings. The summed E-state index contributed by atoms with van der Waals surface area (Å²) in [5.41, 5.74) is 0. The Balaban J connectivity index is 0.00000320. The molecule has 0 spiro atoms. The summed E-state index contributed by atoms with van der Waals surface area (Å²) in [7, 11) is 1.76. The van der Waals surface area contributed by atoms with E-state index in [1.54, 1.807) is 42.2 Å². The molecule has 2 aromatic rings. The number of aryl methyl sites for hydroxylation is 1. The lowest BCUT2D eigenvalue weighted by Crippen LogP contribution is -2.46. The van der Waals surface area contributed by atoms with Gasteiger partial charge in [0.2, 0.25) is 5.91 Å². The number of carbonyl (C=O) groups excluding carboxylic acids is 2. The number of hydrogen-bond acceptors (Lipinski definition) is 4. The Morgan fingerprint density at radius 3 is 2.67 bits per heavy atom. The van der Waals surface area contributed by atoms with E-state index < -0.39 is 6.04 Å². The molecule has 3 rings (SSSR count). The second-order valence-electron chi connectivity index (χ2n) is 7.24. The average molecular weight is 474 g/mol. The number of nitrogens with one attached hydrogen (secondary N) is 1. The SMILES string of the molecule is CC(C)C[C@@H](C(=O)Nc1ccn(C)n1)N1CC(Oc2cccc(Cl)c2Cl)=CC1=O.Cl. The maximum Gasteiger partial charge on any atom is 0.251 e. The molecule has 0 unspecified atom stereocenters. The second kappa shape index (κ2) is 10.2. The minimum atomic E-state index is -0.656. The fraction of sp³-hybridized carbons (Fsp3) is 0.350. The van der Waals surface area contributed by atoms with Gasteiger partial charge in [-0.05, 0) is 24.5 Å². The van der Waals surface area contributed by atoms with Crippen molar-refractivity contribution < 1.29 is 14.3 Å². The first-order chi connectivity index (χ1) is 13.7. The molecule has 0 bridgehead atoms. The van der Waals surface area contributed by atoms with Crippen molar-refractivity contribution in [2.75, 3.05) is 11.9 Å². The number of rotatable bonds is 7. The summed E-state index contributed by atoms with van der Waals surface area (Å²) in [6.07, 6.45) is 3.61. The molecule has 0 radical (unpaired) electrons. The smallest absolute Gasteiger partial charge is 0.251 e. The lowest BCUT2D eigenvalue weighted by molar-refractivity contribution is -0.133. The van der Waals surface area contributed by atoms with Gasteiger partial charge in [0.25, 0.3) is 5.91 Å². The van der Waals surface area contributed by atoms with Gasteiger partial charge in [-0.1, -0.05) is 43.1 Å². The van der Waals surface area contributed by atoms with Crippen LogP contribution in [0.25, 0.3) is 0 Å². The molecule has 7 nitrogen and oxygen atoms in total. The topological polar surface area (TPSA) is 76.5 Å². The number of aromatic nitrogens is 2. The lowest BCUT2D eigenvalue weighted by Gasteiger charge is -2.28. The predicted octanol–water partition coefficient (Wildman–Crippen LogP) is 4.31. The van der Waals surface area contributed by atoms with Gasteiger partial charge in [-0.25, -0.2) is 0 Å². The highest BCUT2D eigenvalue weighted by atomic mass is 35.5. The van der Waals surface area contributed by atoms with Crippen LogP contribution in [0.4, 0.5) is 5.82 Å². The van der Waals surface area contributed by atoms with Crippen molar-refractivity contribution in [1.82, 2.24) is 14.7 Å². The Labute approximate surface area is 191 Å². The first kappa shape index (κ1) is 24.1. The van der Waals surface area contributed by atoms with E-state index in [4.69, 9.17) is 27.9 Å². The first-order valence-corrected chi connectivity index (χ1v) is 9.93. The Morgan fingerprint density at radius 1 is 1.30 bits per heavy atom. The summed E-state index contributed by atoms with van der Waals surface area (Å²) in [5, 5.41) is 7.57. The zero-order chi connectivity index (χ0) is 21.1. The van der Waals surface area contributed by atoms with E-state index in [0.717, 1.165) is 0 Å². The molecule has 10 heteroatoms. The number of hydrogen-bond donors (Lipinski definition) is 1. The van der Waals surface area contributed by atoms with E-state index in [-0.39, 0.29) is 41.7 Å². The standard InChI is InChI=1S/C20H22Cl2N4O3.ClH/c1-12(2)9-15(20(28)23-17-7-8-25(3)24-17)26-11-13(10-18(26)27)29-16-6-4-5-14(21)19(16)22;/h4-8,10,12,15H,9,11H2,1-3H3,(H,23,24,28);1H/t15-;/m0./s1. The molecule has 1 N–H and O–H groups in total. The summed E-state index contributed by atoms with van der Waals surface area (Å²) in [6.45, 7) is 4.16. The number of carbonyl (C=O) groups is 2. The number of halogens is 3. The summed E-state index contributed by atoms with van der Waals surface area (Å²) in [4.78, 5) is 27.0. The Bertz CT molecular complexity index is 959. The summed E-state index contributed by atoms with van der Waals surface area (Å²) < 4.78 is 7.37. The fourth-order valence-electron chi connectivity index (χ4n) is 3.06. The van der Waals surface area contributed by atoms with Crippen LogP contribution in [0.3, 0.4) is 0 Å². The van der Waals surface area contributed by atoms with Crippen LogP contribution >= 0.6 is 35.6 Å². The molecule has 30 heavy (non-hydrogen) atoms. The zero-order valence-electron chi connectivity index (χ0n) is 16.8. The fourth-order valence-corrected chi connectivity index (χ4v) is 3.39. The Kier molecular flexibility index (Phi) is 8.18. The predicted molar refractivity (Wildman–Crippen MR) is 119 cm³/mol. The molecule has 0 fully saturated rings. The van der Waals surface area contributed by atoms with Crippen LogP contribution in [-0.2, 0) is 16.6 Å². The van der Waals surface area contributed by atoms with Crippen molar-refractivity contribution >= 4 is 53.2 Å². The zero-order valence-corrected chi connectivity index (χ0v) is 19.1. The van der Waals surface area contributed by atoms with Crippen molar-refractivity contribution in [3.8, 4) is 5.75 Å². The van der Waals surface area contributed by atoms with Crippen LogP contribution < -0.4 is 10.1 Å². The van der Waals surface area contributed by atoms with Gasteiger partial charge in [0.15, 0.2) is 5.82 Å².